The van der Waals surface area contributed by atoms with E-state index in [-0.39, 0.29) is 0 Å². The third-order valence-electron chi connectivity index (χ3n) is 3.97. The van der Waals surface area contributed by atoms with Gasteiger partial charge in [-0.3, -0.25) is 0 Å². The quantitative estimate of drug-likeness (QED) is 0.871. The minimum atomic E-state index is 0.830. The van der Waals surface area contributed by atoms with Crippen LogP contribution >= 0.6 is 0 Å². The Hall–Kier alpha value is -1.02. The maximum absolute atomic E-state index is 5.27. The van der Waals surface area contributed by atoms with Crippen molar-refractivity contribution < 1.29 is 10.1 Å². The molecule has 18 heavy (non-hydrogen) atoms. The molecule has 0 bridgehead atoms. The van der Waals surface area contributed by atoms with Crippen LogP contribution in [0.4, 0.5) is 0 Å². The predicted molar refractivity (Wildman–Crippen MR) is 74.7 cm³/mol. The summed E-state index contributed by atoms with van der Waals surface area (Å²) >= 11 is 0. The van der Waals surface area contributed by atoms with Crippen LogP contribution in [0.15, 0.2) is 24.3 Å². The summed E-state index contributed by atoms with van der Waals surface area (Å²) in [7, 11) is 1.73. The summed E-state index contributed by atoms with van der Waals surface area (Å²) in [5, 5.41) is 2.53. The van der Waals surface area contributed by atoms with E-state index in [1.807, 2.05) is 6.07 Å². The van der Waals surface area contributed by atoms with E-state index in [0.717, 1.165) is 18.3 Å². The van der Waals surface area contributed by atoms with E-state index >= 15 is 0 Å². The van der Waals surface area contributed by atoms with Gasteiger partial charge in [0.15, 0.2) is 0 Å². The fourth-order valence-corrected chi connectivity index (χ4v) is 2.83. The van der Waals surface area contributed by atoms with Crippen LogP contribution in [0.3, 0.4) is 0 Å². The van der Waals surface area contributed by atoms with Crippen molar-refractivity contribution in [3.8, 4) is 5.75 Å². The lowest BCUT2D eigenvalue weighted by molar-refractivity contribution is -0.706. The number of benzene rings is 1. The topological polar surface area (TPSA) is 25.8 Å². The Bertz CT molecular complexity index is 343. The Balaban J connectivity index is 1.81. The van der Waals surface area contributed by atoms with Crippen LogP contribution in [-0.4, -0.2) is 13.2 Å². The molecule has 2 nitrogen and oxygen atoms in total. The van der Waals surface area contributed by atoms with Crippen molar-refractivity contribution in [2.24, 2.45) is 0 Å². The number of rotatable bonds is 4. The van der Waals surface area contributed by atoms with Crippen LogP contribution in [0.25, 0.3) is 0 Å². The SMILES string of the molecule is COc1cccc(C[NH2+]C2CCCCCCC2)c1. The van der Waals surface area contributed by atoms with E-state index in [2.05, 4.69) is 23.5 Å². The van der Waals surface area contributed by atoms with E-state index < -0.39 is 0 Å². The highest BCUT2D eigenvalue weighted by Gasteiger charge is 2.13. The van der Waals surface area contributed by atoms with Gasteiger partial charge < -0.3 is 10.1 Å². The molecule has 0 spiro atoms. The van der Waals surface area contributed by atoms with Crippen LogP contribution in [-0.2, 0) is 6.54 Å². The van der Waals surface area contributed by atoms with E-state index in [1.165, 1.54) is 50.5 Å². The first kappa shape index (κ1) is 13.4. The van der Waals surface area contributed by atoms with Crippen LogP contribution in [0, 0.1) is 0 Å². The molecule has 2 heteroatoms. The molecule has 0 saturated heterocycles. The van der Waals surface area contributed by atoms with Gasteiger partial charge in [0.25, 0.3) is 0 Å². The van der Waals surface area contributed by atoms with Gasteiger partial charge in [-0.15, -0.1) is 0 Å². The Kier molecular flexibility index (Phi) is 5.53. The lowest BCUT2D eigenvalue weighted by atomic mass is 9.96. The molecule has 0 radical (unpaired) electrons. The van der Waals surface area contributed by atoms with E-state index in [4.69, 9.17) is 4.74 Å². The highest BCUT2D eigenvalue weighted by Crippen LogP contribution is 2.15. The summed E-state index contributed by atoms with van der Waals surface area (Å²) in [6.07, 6.45) is 9.93. The average Bonchev–Trinajstić information content (AvgIpc) is 2.38. The summed E-state index contributed by atoms with van der Waals surface area (Å²) in [6, 6.07) is 9.28. The Morgan fingerprint density at radius 2 is 1.83 bits per heavy atom. The smallest absolute Gasteiger partial charge is 0.119 e. The van der Waals surface area contributed by atoms with Crippen molar-refractivity contribution in [2.75, 3.05) is 7.11 Å². The zero-order valence-corrected chi connectivity index (χ0v) is 11.5. The number of ether oxygens (including phenoxy) is 1. The van der Waals surface area contributed by atoms with Crippen LogP contribution < -0.4 is 10.1 Å². The maximum atomic E-state index is 5.27. The van der Waals surface area contributed by atoms with E-state index in [9.17, 15) is 0 Å². The molecule has 0 unspecified atom stereocenters. The second-order valence-corrected chi connectivity index (χ2v) is 5.40. The summed E-state index contributed by atoms with van der Waals surface area (Å²) in [6.45, 7) is 1.09. The number of nitrogens with two attached hydrogens (primary N) is 1. The molecular weight excluding hydrogens is 222 g/mol. The molecule has 1 aliphatic rings. The van der Waals surface area contributed by atoms with Crippen molar-refractivity contribution in [1.82, 2.24) is 0 Å². The number of hydrogen-bond donors (Lipinski definition) is 1. The van der Waals surface area contributed by atoms with Gasteiger partial charge in [-0.25, -0.2) is 0 Å². The van der Waals surface area contributed by atoms with Gasteiger partial charge in [-0.2, -0.15) is 0 Å². The lowest BCUT2D eigenvalue weighted by Crippen LogP contribution is -2.88. The van der Waals surface area contributed by atoms with E-state index in [1.54, 1.807) is 7.11 Å². The second-order valence-electron chi connectivity index (χ2n) is 5.40. The van der Waals surface area contributed by atoms with E-state index in [0.29, 0.717) is 0 Å². The van der Waals surface area contributed by atoms with Gasteiger partial charge in [0.2, 0.25) is 0 Å². The van der Waals surface area contributed by atoms with Gasteiger partial charge in [0.1, 0.15) is 12.3 Å². The van der Waals surface area contributed by atoms with Gasteiger partial charge in [-0.1, -0.05) is 31.4 Å². The molecule has 2 N–H and O–H groups in total. The number of quaternary nitrogens is 1. The summed E-state index contributed by atoms with van der Waals surface area (Å²) in [4.78, 5) is 0. The molecule has 2 rings (SSSR count). The molecule has 0 aliphatic heterocycles. The fourth-order valence-electron chi connectivity index (χ4n) is 2.83. The van der Waals surface area contributed by atoms with Crippen molar-refractivity contribution in [3.63, 3.8) is 0 Å². The zero-order valence-electron chi connectivity index (χ0n) is 11.5. The van der Waals surface area contributed by atoms with Crippen LogP contribution in [0.1, 0.15) is 50.5 Å². The molecule has 0 amide bonds. The van der Waals surface area contributed by atoms with Crippen LogP contribution in [0.5, 0.6) is 5.75 Å². The van der Waals surface area contributed by atoms with Gasteiger partial charge in [-0.05, 0) is 37.8 Å². The second kappa shape index (κ2) is 7.42. The van der Waals surface area contributed by atoms with Gasteiger partial charge >= 0.3 is 0 Å². The molecule has 0 aromatic heterocycles. The highest BCUT2D eigenvalue weighted by atomic mass is 16.5. The summed E-state index contributed by atoms with van der Waals surface area (Å²) in [5.74, 6) is 0.971. The minimum Gasteiger partial charge on any atom is -0.497 e. The monoisotopic (exact) mass is 248 g/mol. The highest BCUT2D eigenvalue weighted by molar-refractivity contribution is 5.27. The Labute approximate surface area is 111 Å². The zero-order chi connectivity index (χ0) is 12.6. The molecular formula is C16H26NO+. The van der Waals surface area contributed by atoms with Crippen molar-refractivity contribution in [3.05, 3.63) is 29.8 Å². The first-order chi connectivity index (χ1) is 8.88. The third-order valence-corrected chi connectivity index (χ3v) is 3.97. The van der Waals surface area contributed by atoms with Gasteiger partial charge in [0, 0.05) is 5.56 Å². The fraction of sp³-hybridized carbons (Fsp3) is 0.625. The summed E-state index contributed by atoms with van der Waals surface area (Å²) < 4.78 is 5.27. The first-order valence-corrected chi connectivity index (χ1v) is 7.35. The van der Waals surface area contributed by atoms with Gasteiger partial charge in [0.05, 0.1) is 13.2 Å². The first-order valence-electron chi connectivity index (χ1n) is 7.35. The largest absolute Gasteiger partial charge is 0.497 e. The van der Waals surface area contributed by atoms with Crippen molar-refractivity contribution in [2.45, 2.75) is 57.5 Å². The molecule has 1 saturated carbocycles. The van der Waals surface area contributed by atoms with Crippen molar-refractivity contribution >= 4 is 0 Å². The normalized spacial score (nSPS) is 18.1. The molecule has 1 fully saturated rings. The molecule has 1 aliphatic carbocycles. The molecule has 0 heterocycles. The molecule has 1 aromatic carbocycles. The Morgan fingerprint density at radius 1 is 1.11 bits per heavy atom. The maximum Gasteiger partial charge on any atom is 0.119 e. The summed E-state index contributed by atoms with van der Waals surface area (Å²) in [5.41, 5.74) is 1.37. The third kappa shape index (κ3) is 4.34. The number of hydrogen-bond acceptors (Lipinski definition) is 1. The standard InChI is InChI=1S/C16H25NO/c1-18-16-11-7-8-14(12-16)13-17-15-9-5-3-2-4-6-10-15/h7-8,11-12,15,17H,2-6,9-10,13H2,1H3/p+1. The van der Waals surface area contributed by atoms with Crippen molar-refractivity contribution in [1.29, 1.82) is 0 Å². The lowest BCUT2D eigenvalue weighted by Gasteiger charge is -2.18. The molecule has 1 aromatic rings. The average molecular weight is 248 g/mol. The number of methoxy groups -OCH3 is 1. The Morgan fingerprint density at radius 3 is 2.56 bits per heavy atom. The van der Waals surface area contributed by atoms with Crippen LogP contribution in [0.2, 0.25) is 0 Å². The molecule has 0 atom stereocenters. The predicted octanol–water partition coefficient (Wildman–Crippen LogP) is 2.87. The molecule has 100 valence electrons. The minimum absolute atomic E-state index is 0.830.